The highest BCUT2D eigenvalue weighted by molar-refractivity contribution is 6.04. The Morgan fingerprint density at radius 3 is 2.13 bits per heavy atom. The number of hydrogen-bond acceptors (Lipinski definition) is 6. The number of carbonyl (C=O) groups excluding carboxylic acids is 2. The number of rotatable bonds is 5. The van der Waals surface area contributed by atoms with Crippen molar-refractivity contribution < 1.29 is 14.3 Å². The summed E-state index contributed by atoms with van der Waals surface area (Å²) in [6, 6.07) is 14.4. The van der Waals surface area contributed by atoms with Crippen LogP contribution in [0.5, 0.6) is 0 Å². The summed E-state index contributed by atoms with van der Waals surface area (Å²) < 4.78 is 4.73. The largest absolute Gasteiger partial charge is 0.465 e. The molecule has 2 heterocycles. The Kier molecular flexibility index (Phi) is 6.44. The number of methoxy groups -OCH3 is 1. The Morgan fingerprint density at radius 1 is 1.00 bits per heavy atom. The predicted molar refractivity (Wildman–Crippen MR) is 116 cm³/mol. The van der Waals surface area contributed by atoms with Gasteiger partial charge in [-0.25, -0.2) is 4.79 Å². The minimum Gasteiger partial charge on any atom is -0.465 e. The second-order valence-electron chi connectivity index (χ2n) is 6.93. The van der Waals surface area contributed by atoms with E-state index in [1.807, 2.05) is 24.3 Å². The number of hydrogen-bond donors (Lipinski definition) is 2. The molecule has 3 aromatic rings. The van der Waals surface area contributed by atoms with E-state index in [0.717, 1.165) is 6.42 Å². The van der Waals surface area contributed by atoms with Crippen LogP contribution in [0.1, 0.15) is 38.6 Å². The van der Waals surface area contributed by atoms with E-state index in [2.05, 4.69) is 15.3 Å². The summed E-state index contributed by atoms with van der Waals surface area (Å²) in [5.41, 5.74) is 9.55. The number of esters is 1. The molecular formula is C22H21ClN4O3. The molecule has 2 atom stereocenters. The smallest absolute Gasteiger partial charge is 0.337 e. The molecule has 1 saturated carbocycles. The van der Waals surface area contributed by atoms with Crippen LogP contribution in [-0.4, -0.2) is 35.0 Å². The zero-order valence-corrected chi connectivity index (χ0v) is 17.1. The number of nitrogens with one attached hydrogen (secondary N) is 1. The van der Waals surface area contributed by atoms with Gasteiger partial charge in [0.05, 0.1) is 24.1 Å². The summed E-state index contributed by atoms with van der Waals surface area (Å²) in [5, 5.41) is 2.88. The molecule has 0 radical (unpaired) electrons. The number of ether oxygens (including phenoxy) is 1. The van der Waals surface area contributed by atoms with Crippen molar-refractivity contribution in [3.05, 3.63) is 77.6 Å². The highest BCUT2D eigenvalue weighted by atomic mass is 35.5. The molecule has 8 heteroatoms. The van der Waals surface area contributed by atoms with E-state index in [1.165, 1.54) is 25.1 Å². The van der Waals surface area contributed by atoms with Gasteiger partial charge in [-0.05, 0) is 48.4 Å². The zero-order valence-electron chi connectivity index (χ0n) is 16.2. The standard InChI is InChI=1S/C22H20N4O3.ClH/c1-29-22(28)15-7-9-25-20(11-15)19-10-14(6-8-24-19)21(27)26-16-4-2-13(3-5-16)17-12-18(17)23;/h2-11,17-18H,12,23H2,1H3,(H,26,27);1H. The average Bonchev–Trinajstić information content (AvgIpc) is 3.50. The van der Waals surface area contributed by atoms with Crippen molar-refractivity contribution in [2.24, 2.45) is 5.73 Å². The number of benzene rings is 1. The fraction of sp³-hybridized carbons (Fsp3) is 0.182. The number of halogens is 1. The van der Waals surface area contributed by atoms with Crippen molar-refractivity contribution in [1.29, 1.82) is 0 Å². The fourth-order valence-corrected chi connectivity index (χ4v) is 3.14. The minimum atomic E-state index is -0.460. The molecule has 0 bridgehead atoms. The predicted octanol–water partition coefficient (Wildman–Crippen LogP) is 3.42. The first kappa shape index (κ1) is 21.4. The second-order valence-corrected chi connectivity index (χ2v) is 6.93. The molecule has 7 nitrogen and oxygen atoms in total. The SMILES string of the molecule is COC(=O)c1ccnc(-c2cc(C(=O)Nc3ccc(C4CC4N)cc3)ccn2)c1.Cl. The molecule has 30 heavy (non-hydrogen) atoms. The molecule has 2 unspecified atom stereocenters. The molecule has 1 amide bonds. The third kappa shape index (κ3) is 4.64. The van der Waals surface area contributed by atoms with E-state index in [9.17, 15) is 9.59 Å². The van der Waals surface area contributed by atoms with Crippen molar-refractivity contribution in [2.45, 2.75) is 18.4 Å². The van der Waals surface area contributed by atoms with Crippen LogP contribution < -0.4 is 11.1 Å². The fourth-order valence-electron chi connectivity index (χ4n) is 3.14. The first-order valence-corrected chi connectivity index (χ1v) is 9.23. The summed E-state index contributed by atoms with van der Waals surface area (Å²) in [5.74, 6) is -0.289. The van der Waals surface area contributed by atoms with Gasteiger partial charge in [-0.3, -0.25) is 14.8 Å². The Morgan fingerprint density at radius 2 is 1.57 bits per heavy atom. The lowest BCUT2D eigenvalue weighted by atomic mass is 10.1. The molecule has 3 N–H and O–H groups in total. The summed E-state index contributed by atoms with van der Waals surface area (Å²) in [4.78, 5) is 32.9. The van der Waals surface area contributed by atoms with E-state index in [1.54, 1.807) is 24.3 Å². The number of anilines is 1. The molecule has 154 valence electrons. The monoisotopic (exact) mass is 424 g/mol. The maximum absolute atomic E-state index is 12.6. The maximum atomic E-state index is 12.6. The second kappa shape index (κ2) is 9.02. The first-order valence-electron chi connectivity index (χ1n) is 9.23. The van der Waals surface area contributed by atoms with E-state index in [-0.39, 0.29) is 24.4 Å². The lowest BCUT2D eigenvalue weighted by Gasteiger charge is -2.08. The molecule has 1 aliphatic rings. The number of carbonyl (C=O) groups is 2. The highest BCUT2D eigenvalue weighted by Gasteiger charge is 2.34. The Bertz CT molecular complexity index is 1070. The van der Waals surface area contributed by atoms with E-state index < -0.39 is 5.97 Å². The van der Waals surface area contributed by atoms with Gasteiger partial charge in [0.1, 0.15) is 0 Å². The van der Waals surface area contributed by atoms with Gasteiger partial charge in [0.25, 0.3) is 5.91 Å². The van der Waals surface area contributed by atoms with Gasteiger partial charge < -0.3 is 15.8 Å². The normalized spacial score (nSPS) is 16.9. The van der Waals surface area contributed by atoms with E-state index >= 15 is 0 Å². The van der Waals surface area contributed by atoms with Gasteiger partial charge in [-0.15, -0.1) is 12.4 Å². The van der Waals surface area contributed by atoms with Crippen LogP contribution in [0.4, 0.5) is 5.69 Å². The molecule has 1 aromatic carbocycles. The van der Waals surface area contributed by atoms with Gasteiger partial charge in [0, 0.05) is 35.6 Å². The molecule has 1 aliphatic carbocycles. The molecular weight excluding hydrogens is 404 g/mol. The van der Waals surface area contributed by atoms with Crippen molar-refractivity contribution in [2.75, 3.05) is 12.4 Å². The van der Waals surface area contributed by atoms with Crippen LogP contribution in [0.15, 0.2) is 60.9 Å². The number of pyridine rings is 2. The van der Waals surface area contributed by atoms with Crippen molar-refractivity contribution in [1.82, 2.24) is 9.97 Å². The summed E-state index contributed by atoms with van der Waals surface area (Å²) in [6.45, 7) is 0. The number of amides is 1. The Labute approximate surface area is 180 Å². The van der Waals surface area contributed by atoms with Crippen molar-refractivity contribution in [3.63, 3.8) is 0 Å². The molecule has 0 spiro atoms. The van der Waals surface area contributed by atoms with Gasteiger partial charge in [0.2, 0.25) is 0 Å². The van der Waals surface area contributed by atoms with Crippen LogP contribution in [0.3, 0.4) is 0 Å². The highest BCUT2D eigenvalue weighted by Crippen LogP contribution is 2.39. The maximum Gasteiger partial charge on any atom is 0.337 e. The lowest BCUT2D eigenvalue weighted by molar-refractivity contribution is 0.0600. The third-order valence-corrected chi connectivity index (χ3v) is 4.90. The Hall–Kier alpha value is -3.29. The number of aromatic nitrogens is 2. The van der Waals surface area contributed by atoms with Gasteiger partial charge in [-0.2, -0.15) is 0 Å². The zero-order chi connectivity index (χ0) is 20.4. The van der Waals surface area contributed by atoms with Crippen LogP contribution in [0, 0.1) is 0 Å². The van der Waals surface area contributed by atoms with Crippen LogP contribution in [0.2, 0.25) is 0 Å². The summed E-state index contributed by atoms with van der Waals surface area (Å²) in [6.07, 6.45) is 4.05. The van der Waals surface area contributed by atoms with Gasteiger partial charge in [-0.1, -0.05) is 12.1 Å². The first-order chi connectivity index (χ1) is 14.0. The molecule has 4 rings (SSSR count). The lowest BCUT2D eigenvalue weighted by Crippen LogP contribution is -2.12. The van der Waals surface area contributed by atoms with Gasteiger partial charge >= 0.3 is 5.97 Å². The Balaban J connectivity index is 0.00000256. The quantitative estimate of drug-likeness (QED) is 0.607. The number of nitrogens with zero attached hydrogens (tertiary/aromatic N) is 2. The molecule has 0 aliphatic heterocycles. The third-order valence-electron chi connectivity index (χ3n) is 4.90. The minimum absolute atomic E-state index is 0. The van der Waals surface area contributed by atoms with E-state index in [0.29, 0.717) is 34.1 Å². The summed E-state index contributed by atoms with van der Waals surface area (Å²) >= 11 is 0. The van der Waals surface area contributed by atoms with Crippen molar-refractivity contribution in [3.8, 4) is 11.4 Å². The molecule has 2 aromatic heterocycles. The average molecular weight is 425 g/mol. The van der Waals surface area contributed by atoms with Crippen LogP contribution in [0.25, 0.3) is 11.4 Å². The molecule has 0 saturated heterocycles. The van der Waals surface area contributed by atoms with Gasteiger partial charge in [0.15, 0.2) is 0 Å². The van der Waals surface area contributed by atoms with E-state index in [4.69, 9.17) is 10.5 Å². The number of nitrogens with two attached hydrogens (primary N) is 1. The van der Waals surface area contributed by atoms with Crippen LogP contribution >= 0.6 is 12.4 Å². The topological polar surface area (TPSA) is 107 Å². The summed E-state index contributed by atoms with van der Waals surface area (Å²) in [7, 11) is 1.32. The van der Waals surface area contributed by atoms with Crippen molar-refractivity contribution >= 4 is 30.0 Å². The van der Waals surface area contributed by atoms with Crippen LogP contribution in [-0.2, 0) is 4.74 Å². The molecule has 1 fully saturated rings.